The predicted octanol–water partition coefficient (Wildman–Crippen LogP) is 5.90. The van der Waals surface area contributed by atoms with Crippen LogP contribution in [0.2, 0.25) is 0 Å². The number of methoxy groups -OCH3 is 1. The van der Waals surface area contributed by atoms with Gasteiger partial charge in [-0.3, -0.25) is 0 Å². The third-order valence-corrected chi connectivity index (χ3v) is 6.97. The number of rotatable bonds is 5. The molecule has 7 nitrogen and oxygen atoms in total. The monoisotopic (exact) mass is 529 g/mol. The van der Waals surface area contributed by atoms with Crippen LogP contribution in [0.3, 0.4) is 0 Å². The molecule has 0 bridgehead atoms. The molecule has 1 heterocycles. The van der Waals surface area contributed by atoms with E-state index < -0.39 is 38.4 Å². The van der Waals surface area contributed by atoms with E-state index in [4.69, 9.17) is 13.7 Å². The first kappa shape index (κ1) is 27.6. The molecule has 36 heavy (non-hydrogen) atoms. The number of nitrogens with zero attached hydrogens (tertiary/aromatic N) is 1. The summed E-state index contributed by atoms with van der Waals surface area (Å²) in [6.07, 6.45) is -4.17. The molecule has 1 amide bonds. The van der Waals surface area contributed by atoms with Gasteiger partial charge in [0.05, 0.1) is 12.7 Å². The number of hydrogen-bond donors (Lipinski definition) is 0. The third kappa shape index (κ3) is 6.43. The Morgan fingerprint density at radius 2 is 1.67 bits per heavy atom. The van der Waals surface area contributed by atoms with Gasteiger partial charge in [-0.05, 0) is 70.2 Å². The standard InChI is InChI=1S/C25H30F3NO6S/c1-16-14-18(17-10-12-29(13-11-17)23(30)34-24(2,3)4)22(33-5)20(15-16)35-36(31,32)21-9-7-6-8-19(21)25(26,27)28/h6-9,14-15,17H,10-13H2,1-5H3. The Morgan fingerprint density at radius 1 is 1.06 bits per heavy atom. The zero-order valence-electron chi connectivity index (χ0n) is 20.8. The summed E-state index contributed by atoms with van der Waals surface area (Å²) in [6, 6.07) is 7.09. The fourth-order valence-corrected chi connectivity index (χ4v) is 5.28. The number of amides is 1. The highest BCUT2D eigenvalue weighted by molar-refractivity contribution is 7.87. The second-order valence-electron chi connectivity index (χ2n) is 9.66. The fourth-order valence-electron chi connectivity index (χ4n) is 4.13. The van der Waals surface area contributed by atoms with Gasteiger partial charge in [0.2, 0.25) is 0 Å². The molecule has 3 rings (SSSR count). The minimum atomic E-state index is -4.88. The largest absolute Gasteiger partial charge is 0.492 e. The maximum atomic E-state index is 13.4. The van der Waals surface area contributed by atoms with Crippen molar-refractivity contribution >= 4 is 16.2 Å². The van der Waals surface area contributed by atoms with Crippen molar-refractivity contribution in [3.05, 3.63) is 53.1 Å². The molecule has 2 aromatic carbocycles. The average molecular weight is 530 g/mol. The van der Waals surface area contributed by atoms with Gasteiger partial charge < -0.3 is 18.6 Å². The Labute approximate surface area is 209 Å². The van der Waals surface area contributed by atoms with Crippen LogP contribution in [0.25, 0.3) is 0 Å². The summed E-state index contributed by atoms with van der Waals surface area (Å²) in [4.78, 5) is 13.0. The molecule has 0 N–H and O–H groups in total. The van der Waals surface area contributed by atoms with Crippen molar-refractivity contribution in [2.45, 2.75) is 63.1 Å². The van der Waals surface area contributed by atoms with E-state index in [0.717, 1.165) is 12.1 Å². The summed E-state index contributed by atoms with van der Waals surface area (Å²) in [5, 5.41) is 0. The topological polar surface area (TPSA) is 82.1 Å². The van der Waals surface area contributed by atoms with Crippen molar-refractivity contribution in [2.75, 3.05) is 20.2 Å². The molecule has 2 aromatic rings. The van der Waals surface area contributed by atoms with Crippen LogP contribution in [0.5, 0.6) is 11.5 Å². The van der Waals surface area contributed by atoms with Crippen molar-refractivity contribution in [1.29, 1.82) is 0 Å². The molecule has 0 aromatic heterocycles. The van der Waals surface area contributed by atoms with Crippen molar-refractivity contribution in [3.8, 4) is 11.5 Å². The van der Waals surface area contributed by atoms with E-state index in [1.807, 2.05) is 6.07 Å². The van der Waals surface area contributed by atoms with E-state index >= 15 is 0 Å². The summed E-state index contributed by atoms with van der Waals surface area (Å²) < 4.78 is 82.3. The number of piperidine rings is 1. The lowest BCUT2D eigenvalue weighted by Crippen LogP contribution is -2.41. The maximum Gasteiger partial charge on any atom is 0.417 e. The van der Waals surface area contributed by atoms with Crippen molar-refractivity contribution < 1.29 is 40.0 Å². The molecule has 0 radical (unpaired) electrons. The zero-order valence-corrected chi connectivity index (χ0v) is 21.6. The summed E-state index contributed by atoms with van der Waals surface area (Å²) in [5.41, 5.74) is -0.618. The van der Waals surface area contributed by atoms with Gasteiger partial charge in [0.15, 0.2) is 11.5 Å². The van der Waals surface area contributed by atoms with E-state index in [-0.39, 0.29) is 17.4 Å². The number of hydrogen-bond acceptors (Lipinski definition) is 6. The van der Waals surface area contributed by atoms with Gasteiger partial charge >= 0.3 is 22.4 Å². The highest BCUT2D eigenvalue weighted by Gasteiger charge is 2.38. The maximum absolute atomic E-state index is 13.4. The second kappa shape index (κ2) is 10.2. The van der Waals surface area contributed by atoms with Gasteiger partial charge in [-0.15, -0.1) is 0 Å². The molecule has 1 fully saturated rings. The highest BCUT2D eigenvalue weighted by atomic mass is 32.2. The number of benzene rings is 2. The van der Waals surface area contributed by atoms with Gasteiger partial charge in [0, 0.05) is 18.7 Å². The van der Waals surface area contributed by atoms with Crippen LogP contribution < -0.4 is 8.92 Å². The number of likely N-dealkylation sites (tertiary alicyclic amines) is 1. The Balaban J connectivity index is 1.89. The number of carbonyl (C=O) groups excluding carboxylic acids is 1. The molecule has 1 aliphatic heterocycles. The lowest BCUT2D eigenvalue weighted by atomic mass is 9.88. The van der Waals surface area contributed by atoms with Crippen molar-refractivity contribution in [1.82, 2.24) is 4.90 Å². The van der Waals surface area contributed by atoms with E-state index in [9.17, 15) is 26.4 Å². The number of carbonyl (C=O) groups is 1. The zero-order chi connectivity index (χ0) is 26.9. The average Bonchev–Trinajstić information content (AvgIpc) is 2.77. The SMILES string of the molecule is COc1c(OS(=O)(=O)c2ccccc2C(F)(F)F)cc(C)cc1C1CCN(C(=O)OC(C)(C)C)CC1. The van der Waals surface area contributed by atoms with Gasteiger partial charge in [-0.2, -0.15) is 21.6 Å². The number of aryl methyl sites for hydroxylation is 1. The molecule has 0 aliphatic carbocycles. The normalized spacial score (nSPS) is 15.5. The quantitative estimate of drug-likeness (QED) is 0.448. The van der Waals surface area contributed by atoms with Crippen molar-refractivity contribution in [3.63, 3.8) is 0 Å². The molecule has 0 saturated carbocycles. The Kier molecular flexibility index (Phi) is 7.83. The smallest absolute Gasteiger partial charge is 0.417 e. The van der Waals surface area contributed by atoms with Crippen LogP contribution in [0.4, 0.5) is 18.0 Å². The molecule has 0 atom stereocenters. The number of halogens is 3. The van der Waals surface area contributed by atoms with Crippen LogP contribution in [0, 0.1) is 6.92 Å². The Morgan fingerprint density at radius 3 is 2.22 bits per heavy atom. The van der Waals surface area contributed by atoms with Gasteiger partial charge in [0.1, 0.15) is 10.5 Å². The summed E-state index contributed by atoms with van der Waals surface area (Å²) in [7, 11) is -3.49. The Bertz CT molecular complexity index is 1210. The molecule has 1 aliphatic rings. The van der Waals surface area contributed by atoms with E-state index in [2.05, 4.69) is 0 Å². The third-order valence-electron chi connectivity index (χ3n) is 5.68. The molecule has 11 heteroatoms. The first-order valence-electron chi connectivity index (χ1n) is 11.4. The Hall–Kier alpha value is -2.95. The van der Waals surface area contributed by atoms with Crippen LogP contribution >= 0.6 is 0 Å². The van der Waals surface area contributed by atoms with Crippen LogP contribution in [0.15, 0.2) is 41.3 Å². The van der Waals surface area contributed by atoms with Crippen LogP contribution in [0.1, 0.15) is 56.2 Å². The summed E-state index contributed by atoms with van der Waals surface area (Å²) >= 11 is 0. The van der Waals surface area contributed by atoms with Crippen LogP contribution in [-0.4, -0.2) is 45.2 Å². The van der Waals surface area contributed by atoms with Gasteiger partial charge in [0.25, 0.3) is 0 Å². The van der Waals surface area contributed by atoms with E-state index in [1.165, 1.54) is 19.2 Å². The molecule has 0 spiro atoms. The molecule has 1 saturated heterocycles. The first-order valence-corrected chi connectivity index (χ1v) is 12.8. The second-order valence-corrected chi connectivity index (χ2v) is 11.2. The van der Waals surface area contributed by atoms with E-state index in [1.54, 1.807) is 32.6 Å². The number of ether oxygens (including phenoxy) is 2. The lowest BCUT2D eigenvalue weighted by molar-refractivity contribution is -0.139. The highest BCUT2D eigenvalue weighted by Crippen LogP contribution is 2.43. The molecular weight excluding hydrogens is 499 g/mol. The summed E-state index contributed by atoms with van der Waals surface area (Å²) in [5.74, 6) is -0.158. The van der Waals surface area contributed by atoms with Gasteiger partial charge in [-0.25, -0.2) is 4.79 Å². The molecule has 0 unspecified atom stereocenters. The molecule has 198 valence electrons. The first-order chi connectivity index (χ1) is 16.6. The predicted molar refractivity (Wildman–Crippen MR) is 127 cm³/mol. The van der Waals surface area contributed by atoms with Gasteiger partial charge in [-0.1, -0.05) is 18.2 Å². The van der Waals surface area contributed by atoms with Crippen LogP contribution in [-0.2, 0) is 21.0 Å². The minimum Gasteiger partial charge on any atom is -0.492 e. The number of alkyl halides is 3. The van der Waals surface area contributed by atoms with Crippen molar-refractivity contribution in [2.24, 2.45) is 0 Å². The minimum absolute atomic E-state index is 0.0916. The fraction of sp³-hybridized carbons (Fsp3) is 0.480. The molecular formula is C25H30F3NO6S. The van der Waals surface area contributed by atoms with E-state index in [0.29, 0.717) is 43.1 Å². The summed E-state index contributed by atoms with van der Waals surface area (Å²) in [6.45, 7) is 7.93. The lowest BCUT2D eigenvalue weighted by Gasteiger charge is -2.34.